The second-order valence-electron chi connectivity index (χ2n) is 5.22. The van der Waals surface area contributed by atoms with Crippen LogP contribution in [0.3, 0.4) is 0 Å². The molecule has 1 aromatic carbocycles. The van der Waals surface area contributed by atoms with Gasteiger partial charge in [0.25, 0.3) is 0 Å². The van der Waals surface area contributed by atoms with Gasteiger partial charge in [-0.1, -0.05) is 32.8 Å². The van der Waals surface area contributed by atoms with Gasteiger partial charge in [-0.05, 0) is 37.1 Å². The van der Waals surface area contributed by atoms with Gasteiger partial charge in [-0.15, -0.1) is 0 Å². The largest absolute Gasteiger partial charge is 0.486 e. The van der Waals surface area contributed by atoms with Gasteiger partial charge in [-0.2, -0.15) is 0 Å². The average Bonchev–Trinajstić information content (AvgIpc) is 2.47. The summed E-state index contributed by atoms with van der Waals surface area (Å²) in [6.45, 7) is 9.08. The van der Waals surface area contributed by atoms with Gasteiger partial charge >= 0.3 is 0 Å². The Morgan fingerprint density at radius 3 is 2.47 bits per heavy atom. The standard InChI is InChI=1S/C16H25NO2/c1-4-13(5-2)11-17-12(3)14-6-7-15-16(10-14)19-9-8-18-15/h6-7,10,12-13,17H,4-5,8-9,11H2,1-3H3. The van der Waals surface area contributed by atoms with E-state index >= 15 is 0 Å². The van der Waals surface area contributed by atoms with Crippen molar-refractivity contribution in [1.29, 1.82) is 0 Å². The van der Waals surface area contributed by atoms with Crippen molar-refractivity contribution in [1.82, 2.24) is 5.32 Å². The molecule has 0 fully saturated rings. The third-order valence-electron chi connectivity index (χ3n) is 3.93. The van der Waals surface area contributed by atoms with Crippen molar-refractivity contribution in [3.05, 3.63) is 23.8 Å². The van der Waals surface area contributed by atoms with E-state index < -0.39 is 0 Å². The first-order chi connectivity index (χ1) is 9.24. The molecule has 1 atom stereocenters. The summed E-state index contributed by atoms with van der Waals surface area (Å²) in [5, 5.41) is 3.61. The van der Waals surface area contributed by atoms with Crippen LogP contribution in [0.15, 0.2) is 18.2 Å². The van der Waals surface area contributed by atoms with Crippen molar-refractivity contribution in [2.45, 2.75) is 39.7 Å². The third-order valence-corrected chi connectivity index (χ3v) is 3.93. The number of hydrogen-bond acceptors (Lipinski definition) is 3. The molecule has 0 bridgehead atoms. The maximum Gasteiger partial charge on any atom is 0.161 e. The molecule has 0 aliphatic carbocycles. The van der Waals surface area contributed by atoms with Gasteiger partial charge in [0.05, 0.1) is 0 Å². The Kier molecular flexibility index (Phi) is 5.08. The molecule has 0 spiro atoms. The first-order valence-electron chi connectivity index (χ1n) is 7.37. The molecule has 0 amide bonds. The van der Waals surface area contributed by atoms with Gasteiger partial charge in [-0.25, -0.2) is 0 Å². The van der Waals surface area contributed by atoms with Crippen LogP contribution in [-0.2, 0) is 0 Å². The lowest BCUT2D eigenvalue weighted by molar-refractivity contribution is 0.171. The second-order valence-corrected chi connectivity index (χ2v) is 5.22. The highest BCUT2D eigenvalue weighted by Gasteiger charge is 2.14. The normalized spacial score (nSPS) is 15.6. The highest BCUT2D eigenvalue weighted by atomic mass is 16.6. The van der Waals surface area contributed by atoms with Crippen molar-refractivity contribution in [2.75, 3.05) is 19.8 Å². The summed E-state index contributed by atoms with van der Waals surface area (Å²) >= 11 is 0. The van der Waals surface area contributed by atoms with E-state index in [9.17, 15) is 0 Å². The SMILES string of the molecule is CCC(CC)CNC(C)c1ccc2c(c1)OCCO2. The number of rotatable bonds is 6. The zero-order valence-electron chi connectivity index (χ0n) is 12.2. The monoisotopic (exact) mass is 263 g/mol. The molecular formula is C16H25NO2. The van der Waals surface area contributed by atoms with Crippen molar-refractivity contribution in [3.63, 3.8) is 0 Å². The summed E-state index contributed by atoms with van der Waals surface area (Å²) in [7, 11) is 0. The molecule has 1 heterocycles. The Labute approximate surface area is 116 Å². The quantitative estimate of drug-likeness (QED) is 0.851. The van der Waals surface area contributed by atoms with Crippen LogP contribution < -0.4 is 14.8 Å². The molecule has 3 nitrogen and oxygen atoms in total. The number of nitrogens with one attached hydrogen (secondary N) is 1. The summed E-state index contributed by atoms with van der Waals surface area (Å²) in [6.07, 6.45) is 2.47. The van der Waals surface area contributed by atoms with E-state index in [1.165, 1.54) is 18.4 Å². The van der Waals surface area contributed by atoms with Crippen LogP contribution in [0.2, 0.25) is 0 Å². The zero-order valence-corrected chi connectivity index (χ0v) is 12.2. The number of ether oxygens (including phenoxy) is 2. The average molecular weight is 263 g/mol. The number of fused-ring (bicyclic) bond motifs is 1. The molecule has 1 aliphatic heterocycles. The van der Waals surface area contributed by atoms with E-state index in [1.54, 1.807) is 0 Å². The van der Waals surface area contributed by atoms with E-state index in [0.29, 0.717) is 19.3 Å². The van der Waals surface area contributed by atoms with Crippen LogP contribution in [0.5, 0.6) is 11.5 Å². The van der Waals surface area contributed by atoms with Crippen LogP contribution in [0.4, 0.5) is 0 Å². The third kappa shape index (κ3) is 3.63. The van der Waals surface area contributed by atoms with Gasteiger partial charge in [0, 0.05) is 6.04 Å². The van der Waals surface area contributed by atoms with Gasteiger partial charge in [0.2, 0.25) is 0 Å². The molecule has 0 aromatic heterocycles. The fourth-order valence-corrected chi connectivity index (χ4v) is 2.37. The van der Waals surface area contributed by atoms with Gasteiger partial charge in [0.15, 0.2) is 11.5 Å². The summed E-state index contributed by atoms with van der Waals surface area (Å²) in [5.74, 6) is 2.50. The molecule has 1 unspecified atom stereocenters. The minimum Gasteiger partial charge on any atom is -0.486 e. The molecular weight excluding hydrogens is 238 g/mol. The van der Waals surface area contributed by atoms with E-state index in [1.807, 2.05) is 6.07 Å². The topological polar surface area (TPSA) is 30.5 Å². The Morgan fingerprint density at radius 2 is 1.79 bits per heavy atom. The van der Waals surface area contributed by atoms with E-state index in [0.717, 1.165) is 24.0 Å². The van der Waals surface area contributed by atoms with Crippen molar-refractivity contribution in [2.24, 2.45) is 5.92 Å². The number of benzene rings is 1. The molecule has 0 radical (unpaired) electrons. The van der Waals surface area contributed by atoms with Gasteiger partial charge in [-0.3, -0.25) is 0 Å². The lowest BCUT2D eigenvalue weighted by Gasteiger charge is -2.22. The lowest BCUT2D eigenvalue weighted by Crippen LogP contribution is -2.25. The van der Waals surface area contributed by atoms with Crippen LogP contribution in [0, 0.1) is 5.92 Å². The van der Waals surface area contributed by atoms with E-state index in [-0.39, 0.29) is 0 Å². The van der Waals surface area contributed by atoms with Crippen LogP contribution in [-0.4, -0.2) is 19.8 Å². The van der Waals surface area contributed by atoms with E-state index in [4.69, 9.17) is 9.47 Å². The van der Waals surface area contributed by atoms with Crippen LogP contribution in [0.1, 0.15) is 45.2 Å². The smallest absolute Gasteiger partial charge is 0.161 e. The lowest BCUT2D eigenvalue weighted by atomic mass is 10.0. The number of hydrogen-bond donors (Lipinski definition) is 1. The van der Waals surface area contributed by atoms with Crippen molar-refractivity contribution < 1.29 is 9.47 Å². The van der Waals surface area contributed by atoms with Gasteiger partial charge < -0.3 is 14.8 Å². The molecule has 0 saturated heterocycles. The van der Waals surface area contributed by atoms with Crippen molar-refractivity contribution >= 4 is 0 Å². The maximum atomic E-state index is 5.63. The Hall–Kier alpha value is -1.22. The Morgan fingerprint density at radius 1 is 1.11 bits per heavy atom. The minimum absolute atomic E-state index is 0.344. The Bertz CT molecular complexity index is 402. The summed E-state index contributed by atoms with van der Waals surface area (Å²) in [5.41, 5.74) is 1.26. The first kappa shape index (κ1) is 14.2. The summed E-state index contributed by atoms with van der Waals surface area (Å²) in [4.78, 5) is 0. The molecule has 3 heteroatoms. The second kappa shape index (κ2) is 6.80. The fourth-order valence-electron chi connectivity index (χ4n) is 2.37. The predicted octanol–water partition coefficient (Wildman–Crippen LogP) is 3.54. The molecule has 1 aromatic rings. The van der Waals surface area contributed by atoms with Gasteiger partial charge in [0.1, 0.15) is 13.2 Å². The minimum atomic E-state index is 0.344. The zero-order chi connectivity index (χ0) is 13.7. The molecule has 0 saturated carbocycles. The fraction of sp³-hybridized carbons (Fsp3) is 0.625. The van der Waals surface area contributed by atoms with Crippen LogP contribution in [0.25, 0.3) is 0 Å². The van der Waals surface area contributed by atoms with E-state index in [2.05, 4.69) is 38.2 Å². The maximum absolute atomic E-state index is 5.63. The highest BCUT2D eigenvalue weighted by Crippen LogP contribution is 2.32. The van der Waals surface area contributed by atoms with Crippen LogP contribution >= 0.6 is 0 Å². The van der Waals surface area contributed by atoms with Crippen molar-refractivity contribution in [3.8, 4) is 11.5 Å². The molecule has 19 heavy (non-hydrogen) atoms. The highest BCUT2D eigenvalue weighted by molar-refractivity contribution is 5.44. The molecule has 2 rings (SSSR count). The Balaban J connectivity index is 1.97. The molecule has 1 N–H and O–H groups in total. The molecule has 1 aliphatic rings. The summed E-state index contributed by atoms with van der Waals surface area (Å²) in [6, 6.07) is 6.58. The first-order valence-corrected chi connectivity index (χ1v) is 7.37. The molecule has 106 valence electrons. The predicted molar refractivity (Wildman–Crippen MR) is 77.9 cm³/mol. The summed E-state index contributed by atoms with van der Waals surface area (Å²) < 4.78 is 11.2.